The van der Waals surface area contributed by atoms with Crippen molar-refractivity contribution in [1.29, 1.82) is 0 Å². The summed E-state index contributed by atoms with van der Waals surface area (Å²) in [4.78, 5) is 24.7. The topological polar surface area (TPSA) is 76.7 Å². The van der Waals surface area contributed by atoms with E-state index in [4.69, 9.17) is 9.47 Å². The molecule has 154 valence electrons. The lowest BCUT2D eigenvalue weighted by Gasteiger charge is -2.12. The zero-order chi connectivity index (χ0) is 21.3. The number of hydrogen-bond donors (Lipinski definition) is 2. The van der Waals surface area contributed by atoms with Gasteiger partial charge in [0.25, 0.3) is 11.8 Å². The molecule has 2 N–H and O–H groups in total. The Hall–Kier alpha value is -3.87. The summed E-state index contributed by atoms with van der Waals surface area (Å²) < 4.78 is 24.5. The number of amides is 2. The number of carbonyl (C=O) groups excluding carboxylic acids is 2. The maximum Gasteiger partial charge on any atom is 0.262 e. The smallest absolute Gasteiger partial charge is 0.262 e. The van der Waals surface area contributed by atoms with Gasteiger partial charge in [-0.25, -0.2) is 4.39 Å². The zero-order valence-electron chi connectivity index (χ0n) is 16.4. The molecule has 6 nitrogen and oxygen atoms in total. The summed E-state index contributed by atoms with van der Waals surface area (Å²) in [6, 6.07) is 19.4. The van der Waals surface area contributed by atoms with Crippen molar-refractivity contribution in [2.24, 2.45) is 0 Å². The van der Waals surface area contributed by atoms with E-state index in [1.807, 2.05) is 6.92 Å². The molecule has 0 spiro atoms. The highest BCUT2D eigenvalue weighted by Gasteiger charge is 2.14. The first-order valence-electron chi connectivity index (χ1n) is 9.37. The van der Waals surface area contributed by atoms with Crippen molar-refractivity contribution in [1.82, 2.24) is 0 Å². The van der Waals surface area contributed by atoms with Crippen LogP contribution >= 0.6 is 0 Å². The van der Waals surface area contributed by atoms with E-state index < -0.39 is 11.7 Å². The molecule has 3 aromatic rings. The number of benzene rings is 3. The lowest BCUT2D eigenvalue weighted by atomic mass is 10.2. The van der Waals surface area contributed by atoms with Crippen LogP contribution in [0.1, 0.15) is 17.3 Å². The van der Waals surface area contributed by atoms with Crippen LogP contribution in [0, 0.1) is 5.82 Å². The first kappa shape index (κ1) is 20.9. The summed E-state index contributed by atoms with van der Waals surface area (Å²) in [7, 11) is 0. The normalized spacial score (nSPS) is 10.2. The third-order valence-corrected chi connectivity index (χ3v) is 4.06. The Bertz CT molecular complexity index is 1020. The van der Waals surface area contributed by atoms with Crippen LogP contribution in [-0.2, 0) is 4.79 Å². The summed E-state index contributed by atoms with van der Waals surface area (Å²) in [5.74, 6) is -0.517. The van der Waals surface area contributed by atoms with Gasteiger partial charge in [-0.05, 0) is 55.5 Å². The maximum absolute atomic E-state index is 13.6. The summed E-state index contributed by atoms with van der Waals surface area (Å²) >= 11 is 0. The second-order valence-corrected chi connectivity index (χ2v) is 6.22. The molecule has 0 aliphatic heterocycles. The van der Waals surface area contributed by atoms with E-state index in [1.165, 1.54) is 18.2 Å². The van der Waals surface area contributed by atoms with Crippen molar-refractivity contribution in [3.63, 3.8) is 0 Å². The Morgan fingerprint density at radius 2 is 1.57 bits per heavy atom. The quantitative estimate of drug-likeness (QED) is 0.576. The number of para-hydroxylation sites is 2. The van der Waals surface area contributed by atoms with Crippen LogP contribution in [0.5, 0.6) is 11.5 Å². The molecular weight excluding hydrogens is 387 g/mol. The molecule has 3 aromatic carbocycles. The van der Waals surface area contributed by atoms with Crippen molar-refractivity contribution >= 4 is 23.2 Å². The minimum atomic E-state index is -0.541. The Morgan fingerprint density at radius 1 is 0.867 bits per heavy atom. The van der Waals surface area contributed by atoms with Crippen LogP contribution in [0.15, 0.2) is 72.8 Å². The molecule has 0 saturated carbocycles. The Kier molecular flexibility index (Phi) is 7.00. The molecule has 0 atom stereocenters. The third kappa shape index (κ3) is 5.57. The van der Waals surface area contributed by atoms with Gasteiger partial charge < -0.3 is 20.1 Å². The molecule has 3 rings (SSSR count). The predicted molar refractivity (Wildman–Crippen MR) is 113 cm³/mol. The highest BCUT2D eigenvalue weighted by atomic mass is 19.1. The molecule has 0 saturated heterocycles. The largest absolute Gasteiger partial charge is 0.494 e. The fourth-order valence-corrected chi connectivity index (χ4v) is 2.67. The molecule has 0 radical (unpaired) electrons. The highest BCUT2D eigenvalue weighted by molar-refractivity contribution is 6.06. The minimum absolute atomic E-state index is 0.0626. The molecule has 0 heterocycles. The SMILES string of the molecule is CCOc1ccc(NC(=O)c2ccccc2OCC(=O)Nc2ccccc2F)cc1. The van der Waals surface area contributed by atoms with Crippen molar-refractivity contribution in [3.05, 3.63) is 84.2 Å². The summed E-state index contributed by atoms with van der Waals surface area (Å²) in [6.07, 6.45) is 0. The molecule has 0 aliphatic carbocycles. The fraction of sp³-hybridized carbons (Fsp3) is 0.130. The van der Waals surface area contributed by atoms with E-state index in [0.717, 1.165) is 0 Å². The van der Waals surface area contributed by atoms with Gasteiger partial charge in [0.1, 0.15) is 17.3 Å². The lowest BCUT2D eigenvalue weighted by Crippen LogP contribution is -2.22. The van der Waals surface area contributed by atoms with Gasteiger partial charge in [0.2, 0.25) is 0 Å². The first-order chi connectivity index (χ1) is 14.6. The first-order valence-corrected chi connectivity index (χ1v) is 9.37. The van der Waals surface area contributed by atoms with Crippen LogP contribution < -0.4 is 20.1 Å². The monoisotopic (exact) mass is 408 g/mol. The van der Waals surface area contributed by atoms with Crippen LogP contribution in [0.3, 0.4) is 0 Å². The Labute approximate surface area is 173 Å². The van der Waals surface area contributed by atoms with Crippen molar-refractivity contribution in [2.75, 3.05) is 23.8 Å². The van der Waals surface area contributed by atoms with Gasteiger partial charge >= 0.3 is 0 Å². The molecule has 0 aliphatic rings. The highest BCUT2D eigenvalue weighted by Crippen LogP contribution is 2.21. The fourth-order valence-electron chi connectivity index (χ4n) is 2.67. The molecule has 0 fully saturated rings. The number of hydrogen-bond acceptors (Lipinski definition) is 4. The summed E-state index contributed by atoms with van der Waals surface area (Å²) in [5, 5.41) is 5.21. The van der Waals surface area contributed by atoms with Gasteiger partial charge in [-0.15, -0.1) is 0 Å². The van der Waals surface area contributed by atoms with Crippen LogP contribution in [-0.4, -0.2) is 25.0 Å². The molecule has 30 heavy (non-hydrogen) atoms. The van der Waals surface area contributed by atoms with Crippen molar-refractivity contribution in [2.45, 2.75) is 6.92 Å². The number of anilines is 2. The van der Waals surface area contributed by atoms with E-state index in [1.54, 1.807) is 54.6 Å². The number of halogens is 1. The predicted octanol–water partition coefficient (Wildman–Crippen LogP) is 4.49. The van der Waals surface area contributed by atoms with E-state index >= 15 is 0 Å². The van der Waals surface area contributed by atoms with E-state index in [2.05, 4.69) is 10.6 Å². The number of ether oxygens (including phenoxy) is 2. The Balaban J connectivity index is 1.62. The van der Waals surface area contributed by atoms with Crippen molar-refractivity contribution < 1.29 is 23.5 Å². The number of rotatable bonds is 8. The second kappa shape index (κ2) is 10.1. The standard InChI is InChI=1S/C23H21FN2O4/c1-2-29-17-13-11-16(12-14-17)25-23(28)18-7-3-6-10-21(18)30-15-22(27)26-20-9-5-4-8-19(20)24/h3-14H,2,15H2,1H3,(H,25,28)(H,26,27). The average Bonchev–Trinajstić information content (AvgIpc) is 2.76. The number of nitrogens with one attached hydrogen (secondary N) is 2. The van der Waals surface area contributed by atoms with Crippen LogP contribution in [0.4, 0.5) is 15.8 Å². The maximum atomic E-state index is 13.6. The van der Waals surface area contributed by atoms with Crippen LogP contribution in [0.25, 0.3) is 0 Å². The molecule has 0 unspecified atom stereocenters. The second-order valence-electron chi connectivity index (χ2n) is 6.22. The summed E-state index contributed by atoms with van der Waals surface area (Å²) in [6.45, 7) is 2.08. The average molecular weight is 408 g/mol. The molecular formula is C23H21FN2O4. The van der Waals surface area contributed by atoms with Gasteiger partial charge in [-0.1, -0.05) is 24.3 Å². The van der Waals surface area contributed by atoms with Crippen LogP contribution in [0.2, 0.25) is 0 Å². The molecule has 2 amide bonds. The summed E-state index contributed by atoms with van der Waals surface area (Å²) in [5.41, 5.74) is 0.924. The van der Waals surface area contributed by atoms with Gasteiger partial charge in [0.05, 0.1) is 17.9 Å². The van der Waals surface area contributed by atoms with Crippen molar-refractivity contribution in [3.8, 4) is 11.5 Å². The minimum Gasteiger partial charge on any atom is -0.494 e. The van der Waals surface area contributed by atoms with E-state index in [-0.39, 0.29) is 29.5 Å². The Morgan fingerprint density at radius 3 is 2.30 bits per heavy atom. The molecule has 0 bridgehead atoms. The van der Waals surface area contributed by atoms with Gasteiger partial charge in [0, 0.05) is 5.69 Å². The lowest BCUT2D eigenvalue weighted by molar-refractivity contribution is -0.118. The van der Waals surface area contributed by atoms with E-state index in [0.29, 0.717) is 18.0 Å². The van der Waals surface area contributed by atoms with E-state index in [9.17, 15) is 14.0 Å². The molecule has 0 aromatic heterocycles. The third-order valence-electron chi connectivity index (χ3n) is 4.06. The molecule has 7 heteroatoms. The van der Waals surface area contributed by atoms with Gasteiger partial charge in [0.15, 0.2) is 6.61 Å². The number of carbonyl (C=O) groups is 2. The zero-order valence-corrected chi connectivity index (χ0v) is 16.4. The van der Waals surface area contributed by atoms with Gasteiger partial charge in [-0.3, -0.25) is 9.59 Å². The van der Waals surface area contributed by atoms with Gasteiger partial charge in [-0.2, -0.15) is 0 Å².